The van der Waals surface area contributed by atoms with E-state index in [1.54, 1.807) is 6.92 Å². The lowest BCUT2D eigenvalue weighted by atomic mass is 9.88. The molecule has 1 nitrogen and oxygen atoms in total. The van der Waals surface area contributed by atoms with E-state index in [1.165, 1.54) is 69.8 Å². The Bertz CT molecular complexity index is 392. The Hall–Kier alpha value is -1.11. The molecule has 1 aromatic rings. The maximum absolute atomic E-state index is 11.4. The predicted octanol–water partition coefficient (Wildman–Crippen LogP) is 5.89. The van der Waals surface area contributed by atoms with Gasteiger partial charge in [0.25, 0.3) is 0 Å². The Morgan fingerprint density at radius 1 is 0.800 bits per heavy atom. The van der Waals surface area contributed by atoms with Crippen LogP contribution in [0.2, 0.25) is 0 Å². The quantitative estimate of drug-likeness (QED) is 0.614. The lowest BCUT2D eigenvalue weighted by Gasteiger charge is -2.17. The highest BCUT2D eigenvalue weighted by molar-refractivity contribution is 5.94. The average Bonchev–Trinajstić information content (AvgIpc) is 2.52. The maximum Gasteiger partial charge on any atom is 0.159 e. The highest BCUT2D eigenvalue weighted by Crippen LogP contribution is 2.29. The molecular weight excluding hydrogens is 244 g/mol. The van der Waals surface area contributed by atoms with Crippen LogP contribution in [-0.2, 0) is 0 Å². The molecule has 0 amide bonds. The fraction of sp³-hybridized carbons (Fsp3) is 0.632. The maximum atomic E-state index is 11.4. The third kappa shape index (κ3) is 4.77. The molecule has 0 saturated heterocycles. The van der Waals surface area contributed by atoms with Crippen LogP contribution in [-0.4, -0.2) is 5.78 Å². The molecule has 1 heteroatoms. The minimum absolute atomic E-state index is 0.166. The van der Waals surface area contributed by atoms with Gasteiger partial charge in [0.05, 0.1) is 0 Å². The first-order valence-corrected chi connectivity index (χ1v) is 8.38. The third-order valence-corrected chi connectivity index (χ3v) is 4.64. The van der Waals surface area contributed by atoms with Gasteiger partial charge in [-0.2, -0.15) is 0 Å². The van der Waals surface area contributed by atoms with Crippen molar-refractivity contribution in [2.24, 2.45) is 0 Å². The van der Waals surface area contributed by atoms with Crippen LogP contribution in [0.4, 0.5) is 0 Å². The van der Waals surface area contributed by atoms with Gasteiger partial charge in [-0.1, -0.05) is 75.6 Å². The van der Waals surface area contributed by atoms with Crippen molar-refractivity contribution in [3.8, 4) is 0 Å². The molecule has 2 rings (SSSR count). The molecule has 0 bridgehead atoms. The number of carbonyl (C=O) groups is 1. The van der Waals surface area contributed by atoms with Crippen molar-refractivity contribution in [2.75, 3.05) is 0 Å². The molecule has 0 N–H and O–H groups in total. The largest absolute Gasteiger partial charge is 0.295 e. The number of benzene rings is 1. The van der Waals surface area contributed by atoms with Crippen LogP contribution in [0, 0.1) is 0 Å². The molecule has 20 heavy (non-hydrogen) atoms. The van der Waals surface area contributed by atoms with Gasteiger partial charge in [0, 0.05) is 5.56 Å². The summed E-state index contributed by atoms with van der Waals surface area (Å²) in [6.07, 6.45) is 13.8. The molecule has 1 saturated carbocycles. The number of ketones is 1. The van der Waals surface area contributed by atoms with Gasteiger partial charge >= 0.3 is 0 Å². The van der Waals surface area contributed by atoms with Crippen LogP contribution >= 0.6 is 0 Å². The second-order valence-electron chi connectivity index (χ2n) is 6.28. The molecule has 0 heterocycles. The van der Waals surface area contributed by atoms with Crippen molar-refractivity contribution in [3.63, 3.8) is 0 Å². The van der Waals surface area contributed by atoms with Gasteiger partial charge in [0.2, 0.25) is 0 Å². The summed E-state index contributed by atoms with van der Waals surface area (Å²) in [7, 11) is 0. The standard InChI is InChI=1S/C19H28O/c1-16(20)17-12-14-19(15-13-17)18-10-8-6-4-2-3-5-7-9-11-18/h12-15,18H,2-11H2,1H3. The monoisotopic (exact) mass is 272 g/mol. The summed E-state index contributed by atoms with van der Waals surface area (Å²) in [5.74, 6) is 0.869. The van der Waals surface area contributed by atoms with Gasteiger partial charge in [-0.15, -0.1) is 0 Å². The first-order chi connectivity index (χ1) is 9.77. The van der Waals surface area contributed by atoms with Crippen LogP contribution in [0.1, 0.15) is 93.0 Å². The molecule has 110 valence electrons. The lowest BCUT2D eigenvalue weighted by Crippen LogP contribution is -2.01. The van der Waals surface area contributed by atoms with Gasteiger partial charge in [0.15, 0.2) is 5.78 Å². The van der Waals surface area contributed by atoms with E-state index < -0.39 is 0 Å². The molecule has 0 aliphatic heterocycles. The predicted molar refractivity (Wildman–Crippen MR) is 85.4 cm³/mol. The van der Waals surface area contributed by atoms with Crippen LogP contribution < -0.4 is 0 Å². The Morgan fingerprint density at radius 2 is 1.25 bits per heavy atom. The van der Waals surface area contributed by atoms with E-state index in [4.69, 9.17) is 0 Å². The van der Waals surface area contributed by atoms with Gasteiger partial charge in [-0.05, 0) is 31.2 Å². The number of hydrogen-bond acceptors (Lipinski definition) is 1. The zero-order chi connectivity index (χ0) is 14.2. The fourth-order valence-electron chi connectivity index (χ4n) is 3.31. The van der Waals surface area contributed by atoms with Crippen molar-refractivity contribution in [2.45, 2.75) is 77.0 Å². The first-order valence-electron chi connectivity index (χ1n) is 8.38. The molecule has 0 atom stereocenters. The number of carbonyl (C=O) groups excluding carboxylic acids is 1. The van der Waals surface area contributed by atoms with Crippen LogP contribution in [0.25, 0.3) is 0 Å². The second-order valence-corrected chi connectivity index (χ2v) is 6.28. The zero-order valence-electron chi connectivity index (χ0n) is 12.9. The van der Waals surface area contributed by atoms with Crippen LogP contribution in [0.3, 0.4) is 0 Å². The summed E-state index contributed by atoms with van der Waals surface area (Å²) >= 11 is 0. The van der Waals surface area contributed by atoms with E-state index in [0.717, 1.165) is 5.56 Å². The van der Waals surface area contributed by atoms with E-state index in [0.29, 0.717) is 5.92 Å². The highest BCUT2D eigenvalue weighted by Gasteiger charge is 2.12. The lowest BCUT2D eigenvalue weighted by molar-refractivity contribution is 0.101. The minimum Gasteiger partial charge on any atom is -0.295 e. The van der Waals surface area contributed by atoms with Crippen molar-refractivity contribution < 1.29 is 4.79 Å². The molecule has 1 aliphatic rings. The summed E-state index contributed by atoms with van der Waals surface area (Å²) in [5, 5.41) is 0. The molecule has 0 aromatic heterocycles. The smallest absolute Gasteiger partial charge is 0.159 e. The Balaban J connectivity index is 2.00. The van der Waals surface area contributed by atoms with Gasteiger partial charge in [-0.25, -0.2) is 0 Å². The van der Waals surface area contributed by atoms with E-state index in [2.05, 4.69) is 12.1 Å². The van der Waals surface area contributed by atoms with Crippen molar-refractivity contribution >= 4 is 5.78 Å². The molecule has 1 fully saturated rings. The van der Waals surface area contributed by atoms with E-state index >= 15 is 0 Å². The molecule has 1 aliphatic carbocycles. The van der Waals surface area contributed by atoms with E-state index in [1.807, 2.05) is 12.1 Å². The Morgan fingerprint density at radius 3 is 1.70 bits per heavy atom. The van der Waals surface area contributed by atoms with Gasteiger partial charge in [0.1, 0.15) is 0 Å². The Labute approximate surface area is 123 Å². The van der Waals surface area contributed by atoms with Gasteiger partial charge in [-0.3, -0.25) is 4.79 Å². The third-order valence-electron chi connectivity index (χ3n) is 4.64. The van der Waals surface area contributed by atoms with E-state index in [-0.39, 0.29) is 5.78 Å². The number of hydrogen-bond donors (Lipinski definition) is 0. The highest BCUT2D eigenvalue weighted by atomic mass is 16.1. The number of Topliss-reactive ketones (excluding diaryl/α,β-unsaturated/α-hetero) is 1. The van der Waals surface area contributed by atoms with Crippen LogP contribution in [0.5, 0.6) is 0 Å². The molecule has 0 spiro atoms. The van der Waals surface area contributed by atoms with Gasteiger partial charge < -0.3 is 0 Å². The molecule has 0 radical (unpaired) electrons. The molecule has 0 unspecified atom stereocenters. The first kappa shape index (κ1) is 15.3. The summed E-state index contributed by atoms with van der Waals surface area (Å²) in [6.45, 7) is 1.64. The normalized spacial score (nSPS) is 19.2. The zero-order valence-corrected chi connectivity index (χ0v) is 12.9. The summed E-state index contributed by atoms with van der Waals surface area (Å²) < 4.78 is 0. The summed E-state index contributed by atoms with van der Waals surface area (Å²) in [4.78, 5) is 11.4. The van der Waals surface area contributed by atoms with Crippen LogP contribution in [0.15, 0.2) is 24.3 Å². The van der Waals surface area contributed by atoms with Crippen molar-refractivity contribution in [3.05, 3.63) is 35.4 Å². The number of rotatable bonds is 2. The molecule has 1 aromatic carbocycles. The Kier molecular flexibility index (Phi) is 6.29. The van der Waals surface area contributed by atoms with Crippen molar-refractivity contribution in [1.82, 2.24) is 0 Å². The minimum atomic E-state index is 0.166. The summed E-state index contributed by atoms with van der Waals surface area (Å²) in [5.41, 5.74) is 2.28. The van der Waals surface area contributed by atoms with Crippen molar-refractivity contribution in [1.29, 1.82) is 0 Å². The SMILES string of the molecule is CC(=O)c1ccc(C2CCCCCCCCCC2)cc1. The second kappa shape index (κ2) is 8.24. The average molecular weight is 272 g/mol. The van der Waals surface area contributed by atoms with E-state index in [9.17, 15) is 4.79 Å². The topological polar surface area (TPSA) is 17.1 Å². The fourth-order valence-corrected chi connectivity index (χ4v) is 3.31. The molecular formula is C19H28O. The summed E-state index contributed by atoms with van der Waals surface area (Å²) in [6, 6.07) is 8.37.